The molecule has 1 saturated heterocycles. The molecule has 3 nitrogen and oxygen atoms in total. The Morgan fingerprint density at radius 2 is 1.87 bits per heavy atom. The summed E-state index contributed by atoms with van der Waals surface area (Å²) in [6, 6.07) is 14.4. The molecule has 4 rings (SSSR count). The second-order valence-corrected chi connectivity index (χ2v) is 6.29. The first-order chi connectivity index (χ1) is 11.2. The number of amides is 1. The zero-order chi connectivity index (χ0) is 15.8. The molecule has 1 amide bonds. The monoisotopic (exact) mass is 304 g/mol. The van der Waals surface area contributed by atoms with E-state index in [0.717, 1.165) is 35.5 Å². The molecule has 1 fully saturated rings. The van der Waals surface area contributed by atoms with Crippen LogP contribution in [-0.2, 0) is 4.79 Å². The van der Waals surface area contributed by atoms with Gasteiger partial charge in [-0.3, -0.25) is 4.79 Å². The molecule has 0 aromatic heterocycles. The van der Waals surface area contributed by atoms with Crippen molar-refractivity contribution in [3.8, 4) is 0 Å². The zero-order valence-corrected chi connectivity index (χ0v) is 13.3. The molecule has 2 aromatic carbocycles. The first kappa shape index (κ1) is 14.1. The molecule has 0 atom stereocenters. The highest BCUT2D eigenvalue weighted by molar-refractivity contribution is 6.34. The number of carbonyl (C=O) groups excluding carboxylic acids is 1. The summed E-state index contributed by atoms with van der Waals surface area (Å²) in [6.07, 6.45) is 4.56. The number of anilines is 2. The van der Waals surface area contributed by atoms with Crippen LogP contribution in [-0.4, -0.2) is 19.0 Å². The lowest BCUT2D eigenvalue weighted by molar-refractivity contribution is -0.110. The van der Waals surface area contributed by atoms with E-state index in [4.69, 9.17) is 0 Å². The van der Waals surface area contributed by atoms with Gasteiger partial charge in [-0.25, -0.2) is 0 Å². The summed E-state index contributed by atoms with van der Waals surface area (Å²) in [5.74, 6) is -0.0192. The minimum Gasteiger partial charge on any atom is -0.372 e. The van der Waals surface area contributed by atoms with E-state index in [-0.39, 0.29) is 5.91 Å². The van der Waals surface area contributed by atoms with Gasteiger partial charge in [-0.05, 0) is 55.2 Å². The van der Waals surface area contributed by atoms with Gasteiger partial charge < -0.3 is 10.2 Å². The summed E-state index contributed by atoms with van der Waals surface area (Å²) in [7, 11) is 0. The Morgan fingerprint density at radius 1 is 1.09 bits per heavy atom. The Bertz CT molecular complexity index is 801. The number of nitrogens with zero attached hydrogens (tertiary/aromatic N) is 1. The Balaban J connectivity index is 1.70. The van der Waals surface area contributed by atoms with Crippen LogP contribution in [0.15, 0.2) is 42.5 Å². The van der Waals surface area contributed by atoms with Crippen LogP contribution in [0.4, 0.5) is 11.4 Å². The molecule has 0 spiro atoms. The minimum atomic E-state index is -0.0192. The molecule has 0 aliphatic carbocycles. The van der Waals surface area contributed by atoms with E-state index in [0.29, 0.717) is 0 Å². The molecule has 3 heteroatoms. The summed E-state index contributed by atoms with van der Waals surface area (Å²) in [5, 5.41) is 2.93. The fourth-order valence-corrected chi connectivity index (χ4v) is 3.43. The average Bonchev–Trinajstić information content (AvgIpc) is 3.18. The van der Waals surface area contributed by atoms with Crippen LogP contribution in [0.5, 0.6) is 0 Å². The van der Waals surface area contributed by atoms with Crippen LogP contribution in [0.2, 0.25) is 0 Å². The Morgan fingerprint density at radius 3 is 2.65 bits per heavy atom. The fraction of sp³-hybridized carbons (Fsp3) is 0.250. The molecule has 2 heterocycles. The van der Waals surface area contributed by atoms with Gasteiger partial charge in [0.2, 0.25) is 0 Å². The van der Waals surface area contributed by atoms with Crippen LogP contribution in [0.3, 0.4) is 0 Å². The SMILES string of the molecule is Cc1cc(N2CCCC2)ccc1C=C1C(=O)Nc2ccccc21. The number of para-hydroxylation sites is 1. The maximum Gasteiger partial charge on any atom is 0.256 e. The highest BCUT2D eigenvalue weighted by Gasteiger charge is 2.23. The van der Waals surface area contributed by atoms with Crippen molar-refractivity contribution >= 4 is 28.9 Å². The molecule has 2 aliphatic heterocycles. The van der Waals surface area contributed by atoms with E-state index in [2.05, 4.69) is 35.3 Å². The molecule has 2 aromatic rings. The van der Waals surface area contributed by atoms with Crippen LogP contribution in [0.1, 0.15) is 29.5 Å². The number of fused-ring (bicyclic) bond motifs is 1. The Hall–Kier alpha value is -2.55. The van der Waals surface area contributed by atoms with E-state index < -0.39 is 0 Å². The summed E-state index contributed by atoms with van der Waals surface area (Å²) in [4.78, 5) is 14.7. The van der Waals surface area contributed by atoms with E-state index >= 15 is 0 Å². The van der Waals surface area contributed by atoms with Crippen LogP contribution in [0, 0.1) is 6.92 Å². The smallest absolute Gasteiger partial charge is 0.256 e. The largest absolute Gasteiger partial charge is 0.372 e. The van der Waals surface area contributed by atoms with Crippen molar-refractivity contribution in [1.82, 2.24) is 0 Å². The van der Waals surface area contributed by atoms with Crippen molar-refractivity contribution in [3.05, 3.63) is 59.2 Å². The molecule has 23 heavy (non-hydrogen) atoms. The molecule has 0 unspecified atom stereocenters. The van der Waals surface area contributed by atoms with E-state index in [1.807, 2.05) is 30.3 Å². The number of hydrogen-bond acceptors (Lipinski definition) is 2. The van der Waals surface area contributed by atoms with Gasteiger partial charge in [0.1, 0.15) is 0 Å². The average molecular weight is 304 g/mol. The quantitative estimate of drug-likeness (QED) is 0.848. The summed E-state index contributed by atoms with van der Waals surface area (Å²) in [5.41, 5.74) is 6.24. The molecular weight excluding hydrogens is 284 g/mol. The van der Waals surface area contributed by atoms with Gasteiger partial charge in [0, 0.05) is 35.6 Å². The van der Waals surface area contributed by atoms with Gasteiger partial charge in [0.25, 0.3) is 5.91 Å². The third-order valence-corrected chi connectivity index (χ3v) is 4.73. The van der Waals surface area contributed by atoms with Crippen molar-refractivity contribution in [3.63, 3.8) is 0 Å². The number of carbonyl (C=O) groups is 1. The minimum absolute atomic E-state index is 0.0192. The topological polar surface area (TPSA) is 32.3 Å². The van der Waals surface area contributed by atoms with E-state index in [9.17, 15) is 4.79 Å². The van der Waals surface area contributed by atoms with Crippen molar-refractivity contribution in [2.75, 3.05) is 23.3 Å². The molecule has 2 aliphatic rings. The second-order valence-electron chi connectivity index (χ2n) is 6.29. The lowest BCUT2D eigenvalue weighted by Crippen LogP contribution is -2.17. The van der Waals surface area contributed by atoms with Crippen molar-refractivity contribution < 1.29 is 4.79 Å². The molecule has 1 N–H and O–H groups in total. The van der Waals surface area contributed by atoms with Crippen LogP contribution < -0.4 is 10.2 Å². The first-order valence-electron chi connectivity index (χ1n) is 8.20. The first-order valence-corrected chi connectivity index (χ1v) is 8.20. The summed E-state index contributed by atoms with van der Waals surface area (Å²) >= 11 is 0. The normalized spacial score (nSPS) is 18.4. The highest BCUT2D eigenvalue weighted by atomic mass is 16.2. The molecule has 0 saturated carbocycles. The number of nitrogens with one attached hydrogen (secondary N) is 1. The highest BCUT2D eigenvalue weighted by Crippen LogP contribution is 2.33. The summed E-state index contributed by atoms with van der Waals surface area (Å²) in [6.45, 7) is 4.41. The lowest BCUT2D eigenvalue weighted by atomic mass is 10.0. The van der Waals surface area contributed by atoms with Gasteiger partial charge in [0.15, 0.2) is 0 Å². The maximum atomic E-state index is 12.2. The van der Waals surface area contributed by atoms with Gasteiger partial charge in [-0.2, -0.15) is 0 Å². The third-order valence-electron chi connectivity index (χ3n) is 4.73. The second kappa shape index (κ2) is 5.58. The van der Waals surface area contributed by atoms with Gasteiger partial charge in [-0.1, -0.05) is 24.3 Å². The zero-order valence-electron chi connectivity index (χ0n) is 13.3. The predicted molar refractivity (Wildman–Crippen MR) is 95.6 cm³/mol. The standard InChI is InChI=1S/C20H20N2O/c1-14-12-16(22-10-4-5-11-22)9-8-15(14)13-18-17-6-2-3-7-19(17)21-20(18)23/h2-3,6-9,12-13H,4-5,10-11H2,1H3,(H,21,23). The Labute approximate surface area is 136 Å². The Kier molecular flexibility index (Phi) is 3.41. The molecular formula is C20H20N2O. The van der Waals surface area contributed by atoms with Crippen molar-refractivity contribution in [2.45, 2.75) is 19.8 Å². The van der Waals surface area contributed by atoms with E-state index in [1.165, 1.54) is 24.1 Å². The maximum absolute atomic E-state index is 12.2. The number of rotatable bonds is 2. The molecule has 0 radical (unpaired) electrons. The van der Waals surface area contributed by atoms with Crippen LogP contribution in [0.25, 0.3) is 11.6 Å². The number of aryl methyl sites for hydroxylation is 1. The lowest BCUT2D eigenvalue weighted by Gasteiger charge is -2.18. The number of benzene rings is 2. The fourth-order valence-electron chi connectivity index (χ4n) is 3.43. The van der Waals surface area contributed by atoms with Gasteiger partial charge >= 0.3 is 0 Å². The third kappa shape index (κ3) is 2.52. The number of hydrogen-bond donors (Lipinski definition) is 1. The molecule has 0 bridgehead atoms. The molecule has 116 valence electrons. The van der Waals surface area contributed by atoms with Crippen molar-refractivity contribution in [2.24, 2.45) is 0 Å². The van der Waals surface area contributed by atoms with E-state index in [1.54, 1.807) is 0 Å². The van der Waals surface area contributed by atoms with Gasteiger partial charge in [0.05, 0.1) is 0 Å². The van der Waals surface area contributed by atoms with Crippen LogP contribution >= 0.6 is 0 Å². The van der Waals surface area contributed by atoms with Crippen molar-refractivity contribution in [1.29, 1.82) is 0 Å². The van der Waals surface area contributed by atoms with Gasteiger partial charge in [-0.15, -0.1) is 0 Å². The summed E-state index contributed by atoms with van der Waals surface area (Å²) < 4.78 is 0. The predicted octanol–water partition coefficient (Wildman–Crippen LogP) is 4.09.